The van der Waals surface area contributed by atoms with Gasteiger partial charge in [0.2, 0.25) is 11.6 Å². The van der Waals surface area contributed by atoms with E-state index in [-0.39, 0.29) is 0 Å². The summed E-state index contributed by atoms with van der Waals surface area (Å²) < 4.78 is 11.2. The molecule has 12 rings (SSSR count). The van der Waals surface area contributed by atoms with Gasteiger partial charge in [0.15, 0.2) is 11.3 Å². The third kappa shape index (κ3) is 3.48. The lowest BCUT2D eigenvalue weighted by atomic mass is 10.1. The second-order valence-corrected chi connectivity index (χ2v) is 12.9. The average molecular weight is 656 g/mol. The van der Waals surface area contributed by atoms with Crippen molar-refractivity contribution >= 4 is 77.8 Å². The van der Waals surface area contributed by atoms with Gasteiger partial charge in [-0.25, -0.2) is 15.0 Å². The highest BCUT2D eigenvalue weighted by molar-refractivity contribution is 6.10. The van der Waals surface area contributed by atoms with Crippen LogP contribution in [0.2, 0.25) is 0 Å². The van der Waals surface area contributed by atoms with E-state index < -0.39 is 0 Å². The average Bonchev–Trinajstić information content (AvgIpc) is 3.97. The zero-order chi connectivity index (χ0) is 33.2. The maximum Gasteiger partial charge on any atom is 0.223 e. The highest BCUT2D eigenvalue weighted by Crippen LogP contribution is 2.37. The first-order valence-corrected chi connectivity index (χ1v) is 16.9. The molecule has 0 radical (unpaired) electrons. The fourth-order valence-electron chi connectivity index (χ4n) is 8.13. The van der Waals surface area contributed by atoms with Gasteiger partial charge < -0.3 is 4.57 Å². The van der Waals surface area contributed by atoms with Crippen LogP contribution in [0.5, 0.6) is 0 Å². The molecule has 9 nitrogen and oxygen atoms in total. The van der Waals surface area contributed by atoms with Gasteiger partial charge >= 0.3 is 0 Å². The van der Waals surface area contributed by atoms with Crippen LogP contribution in [0, 0.1) is 0 Å². The Balaban J connectivity index is 1.13. The third-order valence-electron chi connectivity index (χ3n) is 10.2. The Morgan fingerprint density at radius 2 is 0.961 bits per heavy atom. The second-order valence-electron chi connectivity index (χ2n) is 12.9. The van der Waals surface area contributed by atoms with Crippen LogP contribution >= 0.6 is 0 Å². The van der Waals surface area contributed by atoms with E-state index in [9.17, 15) is 0 Å². The maximum atomic E-state index is 5.13. The predicted octanol–water partition coefficient (Wildman–Crippen LogP) is 9.06. The van der Waals surface area contributed by atoms with Crippen LogP contribution in [-0.4, -0.2) is 42.4 Å². The molecular formula is C42H25N9. The van der Waals surface area contributed by atoms with Gasteiger partial charge in [-0.1, -0.05) is 66.7 Å². The molecular weight excluding hydrogens is 631 g/mol. The van der Waals surface area contributed by atoms with Gasteiger partial charge in [0.25, 0.3) is 0 Å². The number of fused-ring (bicyclic) bond motifs is 13. The van der Waals surface area contributed by atoms with Crippen molar-refractivity contribution in [3.8, 4) is 17.1 Å². The van der Waals surface area contributed by atoms with Gasteiger partial charge in [-0.05, 0) is 72.8 Å². The normalized spacial score (nSPS) is 12.3. The minimum atomic E-state index is 0.621. The lowest BCUT2D eigenvalue weighted by molar-refractivity contribution is 1.09. The Hall–Kier alpha value is -7.26. The van der Waals surface area contributed by atoms with Gasteiger partial charge in [-0.2, -0.15) is 4.98 Å². The van der Waals surface area contributed by atoms with Gasteiger partial charge in [0.05, 0.1) is 55.5 Å². The number of para-hydroxylation sites is 7. The summed E-state index contributed by atoms with van der Waals surface area (Å²) in [5.41, 5.74) is 13.1. The van der Waals surface area contributed by atoms with Crippen LogP contribution in [0.1, 0.15) is 0 Å². The minimum absolute atomic E-state index is 0.621. The highest BCUT2D eigenvalue weighted by Gasteiger charge is 2.21. The molecule has 0 aliphatic heterocycles. The molecule has 0 unspecified atom stereocenters. The number of hydrogen-bond donors (Lipinski definition) is 0. The fraction of sp³-hybridized carbons (Fsp3) is 0. The van der Waals surface area contributed by atoms with Crippen molar-refractivity contribution < 1.29 is 0 Å². The molecule has 0 spiro atoms. The first-order valence-electron chi connectivity index (χ1n) is 16.9. The molecule has 6 heterocycles. The summed E-state index contributed by atoms with van der Waals surface area (Å²) >= 11 is 0. The molecule has 0 amide bonds. The SMILES string of the molecule is c1cc(-n2c3ccccc3c3ccc(-n4c5ccccc5n5c6nccnc6nc45)cc32)cc(-n2c3ccccc3n3c4ccccc4nc23)c1. The maximum absolute atomic E-state index is 5.13. The Morgan fingerprint density at radius 3 is 1.76 bits per heavy atom. The van der Waals surface area contributed by atoms with Gasteiger partial charge in [0.1, 0.15) is 0 Å². The minimum Gasteiger partial charge on any atom is -0.309 e. The number of imidazole rings is 4. The molecule has 0 aliphatic carbocycles. The standard InChI is InChI=1S/C42H25N9/c1-3-14-32-29(12-1)30-21-20-28(49-35-17-6-8-19-37(35)51-40-39(46-42(49)51)43-22-23-44-40)25-38(30)47(32)26-10-9-11-27(24-26)48-34-16-5-7-18-36(34)50-33-15-4-2-13-31(33)45-41(48)50/h1-25H. The van der Waals surface area contributed by atoms with Gasteiger partial charge in [-0.3, -0.25) is 17.9 Å². The summed E-state index contributed by atoms with van der Waals surface area (Å²) in [4.78, 5) is 19.3. The number of nitrogens with zero attached hydrogens (tertiary/aromatic N) is 9. The van der Waals surface area contributed by atoms with Crippen molar-refractivity contribution in [1.29, 1.82) is 0 Å². The van der Waals surface area contributed by atoms with Crippen LogP contribution in [0.4, 0.5) is 0 Å². The summed E-state index contributed by atoms with van der Waals surface area (Å²) in [6, 6.07) is 49.3. The number of hydrogen-bond acceptors (Lipinski definition) is 4. The fourth-order valence-corrected chi connectivity index (χ4v) is 8.13. The van der Waals surface area contributed by atoms with E-state index >= 15 is 0 Å². The van der Waals surface area contributed by atoms with Crippen molar-refractivity contribution in [3.63, 3.8) is 0 Å². The molecule has 0 saturated heterocycles. The summed E-state index contributed by atoms with van der Waals surface area (Å²) in [7, 11) is 0. The van der Waals surface area contributed by atoms with E-state index in [4.69, 9.17) is 9.97 Å². The molecule has 0 bridgehead atoms. The second kappa shape index (κ2) is 9.67. The Kier molecular flexibility index (Phi) is 5.06. The third-order valence-corrected chi connectivity index (χ3v) is 10.2. The first-order chi connectivity index (χ1) is 25.3. The van der Waals surface area contributed by atoms with Crippen LogP contribution < -0.4 is 0 Å². The Labute approximate surface area is 288 Å². The number of rotatable bonds is 3. The van der Waals surface area contributed by atoms with Crippen molar-refractivity contribution in [2.24, 2.45) is 0 Å². The molecule has 51 heavy (non-hydrogen) atoms. The van der Waals surface area contributed by atoms with Crippen molar-refractivity contribution in [2.45, 2.75) is 0 Å². The summed E-state index contributed by atoms with van der Waals surface area (Å²) in [6.45, 7) is 0. The molecule has 238 valence electrons. The van der Waals surface area contributed by atoms with Crippen LogP contribution in [0.25, 0.3) is 94.8 Å². The molecule has 12 aromatic rings. The predicted molar refractivity (Wildman–Crippen MR) is 203 cm³/mol. The lowest BCUT2D eigenvalue weighted by Crippen LogP contribution is -2.00. The van der Waals surface area contributed by atoms with E-state index in [2.05, 4.69) is 166 Å². The van der Waals surface area contributed by atoms with Crippen LogP contribution in [-0.2, 0) is 0 Å². The van der Waals surface area contributed by atoms with Crippen molar-refractivity contribution in [3.05, 3.63) is 152 Å². The molecule has 9 heteroatoms. The van der Waals surface area contributed by atoms with E-state index in [1.54, 1.807) is 12.4 Å². The molecule has 0 N–H and O–H groups in total. The molecule has 0 aliphatic rings. The topological polar surface area (TPSA) is 75.2 Å². The van der Waals surface area contributed by atoms with Crippen LogP contribution in [0.15, 0.2) is 152 Å². The zero-order valence-electron chi connectivity index (χ0n) is 27.0. The monoisotopic (exact) mass is 655 g/mol. The van der Waals surface area contributed by atoms with Crippen molar-refractivity contribution in [1.82, 2.24) is 42.4 Å². The van der Waals surface area contributed by atoms with Crippen LogP contribution in [0.3, 0.4) is 0 Å². The summed E-state index contributed by atoms with van der Waals surface area (Å²) in [6.07, 6.45) is 3.41. The van der Waals surface area contributed by atoms with Crippen molar-refractivity contribution in [2.75, 3.05) is 0 Å². The largest absolute Gasteiger partial charge is 0.309 e. The quantitative estimate of drug-likeness (QED) is 0.190. The molecule has 0 saturated carbocycles. The molecule has 0 atom stereocenters. The lowest BCUT2D eigenvalue weighted by Gasteiger charge is -2.12. The van der Waals surface area contributed by atoms with E-state index in [0.29, 0.717) is 5.65 Å². The Bertz CT molecular complexity index is 3390. The smallest absolute Gasteiger partial charge is 0.223 e. The van der Waals surface area contributed by atoms with Gasteiger partial charge in [-0.15, -0.1) is 0 Å². The van der Waals surface area contributed by atoms with E-state index in [1.165, 1.54) is 10.8 Å². The highest BCUT2D eigenvalue weighted by atomic mass is 15.2. The first kappa shape index (κ1) is 26.7. The van der Waals surface area contributed by atoms with E-state index in [0.717, 1.165) is 78.4 Å². The molecule has 6 aromatic heterocycles. The van der Waals surface area contributed by atoms with E-state index in [1.807, 2.05) is 6.07 Å². The van der Waals surface area contributed by atoms with Gasteiger partial charge in [0, 0.05) is 28.9 Å². The summed E-state index contributed by atoms with van der Waals surface area (Å²) in [5.74, 6) is 1.66. The summed E-state index contributed by atoms with van der Waals surface area (Å²) in [5, 5.41) is 2.37. The molecule has 0 fully saturated rings. The Morgan fingerprint density at radius 1 is 0.373 bits per heavy atom. The zero-order valence-corrected chi connectivity index (χ0v) is 27.0. The molecule has 6 aromatic carbocycles. The number of aromatic nitrogens is 9. The number of benzene rings is 6.